The van der Waals surface area contributed by atoms with Crippen molar-refractivity contribution < 1.29 is 9.47 Å². The van der Waals surface area contributed by atoms with E-state index in [0.29, 0.717) is 18.5 Å². The molecule has 2 heterocycles. The van der Waals surface area contributed by atoms with E-state index in [9.17, 15) is 4.79 Å². The van der Waals surface area contributed by atoms with Gasteiger partial charge in [0.15, 0.2) is 0 Å². The Bertz CT molecular complexity index is 793. The first kappa shape index (κ1) is 13.6. The fraction of sp³-hybridized carbons (Fsp3) is 0.200. The van der Waals surface area contributed by atoms with Crippen LogP contribution in [0.2, 0.25) is 0 Å². The van der Waals surface area contributed by atoms with Crippen molar-refractivity contribution >= 4 is 21.6 Å². The first-order valence-corrected chi connectivity index (χ1v) is 7.35. The van der Waals surface area contributed by atoms with E-state index in [4.69, 9.17) is 9.47 Å². The van der Waals surface area contributed by atoms with Gasteiger partial charge in [-0.2, -0.15) is 0 Å². The number of ether oxygens (including phenoxy) is 2. The van der Waals surface area contributed by atoms with Crippen molar-refractivity contribution in [3.05, 3.63) is 52.4 Å². The Morgan fingerprint density at radius 3 is 2.71 bits per heavy atom. The van der Waals surface area contributed by atoms with E-state index in [1.807, 2.05) is 29.6 Å². The number of hydrogen-bond donors (Lipinski definition) is 0. The minimum absolute atomic E-state index is 0.0282. The maximum Gasteiger partial charge on any atom is 0.262 e. The summed E-state index contributed by atoms with van der Waals surface area (Å²) in [6.45, 7) is 0.868. The maximum absolute atomic E-state index is 12.2. The third-order valence-electron chi connectivity index (χ3n) is 3.11. The Hall–Kier alpha value is -2.34. The number of methoxy groups -OCH3 is 1. The molecule has 108 valence electrons. The molecule has 6 heteroatoms. The average molecular weight is 302 g/mol. The number of thiophene rings is 1. The van der Waals surface area contributed by atoms with Crippen LogP contribution < -0.4 is 15.0 Å². The molecular weight excluding hydrogens is 288 g/mol. The topological polar surface area (TPSA) is 53.4 Å². The van der Waals surface area contributed by atoms with Gasteiger partial charge >= 0.3 is 0 Å². The van der Waals surface area contributed by atoms with Gasteiger partial charge in [-0.3, -0.25) is 9.36 Å². The first-order chi connectivity index (χ1) is 10.3. The van der Waals surface area contributed by atoms with Gasteiger partial charge in [-0.05, 0) is 35.7 Å². The van der Waals surface area contributed by atoms with Crippen LogP contribution >= 0.6 is 11.3 Å². The number of hydrogen-bond acceptors (Lipinski definition) is 5. The number of nitrogens with zero attached hydrogens (tertiary/aromatic N) is 2. The Balaban J connectivity index is 1.66. The van der Waals surface area contributed by atoms with Crippen LogP contribution in [0, 0.1) is 0 Å². The van der Waals surface area contributed by atoms with Crippen molar-refractivity contribution in [3.8, 4) is 11.5 Å². The summed E-state index contributed by atoms with van der Waals surface area (Å²) in [4.78, 5) is 17.2. The van der Waals surface area contributed by atoms with E-state index >= 15 is 0 Å². The predicted molar refractivity (Wildman–Crippen MR) is 82.4 cm³/mol. The Morgan fingerprint density at radius 2 is 1.95 bits per heavy atom. The third kappa shape index (κ3) is 2.90. The standard InChI is InChI=1S/C15H14N2O3S/c1-19-11-2-4-12(5-3-11)20-8-7-17-10-16-14-13(15(17)18)6-9-21-14/h2-6,9-10H,7-8H2,1H3. The van der Waals surface area contributed by atoms with Gasteiger partial charge in [0.25, 0.3) is 5.56 Å². The van der Waals surface area contributed by atoms with Crippen LogP contribution in [-0.2, 0) is 6.54 Å². The van der Waals surface area contributed by atoms with Crippen molar-refractivity contribution in [1.82, 2.24) is 9.55 Å². The van der Waals surface area contributed by atoms with Crippen LogP contribution in [0.3, 0.4) is 0 Å². The molecule has 0 fully saturated rings. The zero-order valence-electron chi connectivity index (χ0n) is 11.5. The molecule has 0 radical (unpaired) electrons. The van der Waals surface area contributed by atoms with Crippen LogP contribution in [0.1, 0.15) is 0 Å². The second-order valence-corrected chi connectivity index (χ2v) is 5.30. The number of aromatic nitrogens is 2. The highest BCUT2D eigenvalue weighted by atomic mass is 32.1. The number of benzene rings is 1. The summed E-state index contributed by atoms with van der Waals surface area (Å²) in [5.41, 5.74) is -0.0282. The largest absolute Gasteiger partial charge is 0.497 e. The number of rotatable bonds is 5. The number of fused-ring (bicyclic) bond motifs is 1. The maximum atomic E-state index is 12.2. The highest BCUT2D eigenvalue weighted by Crippen LogP contribution is 2.17. The minimum Gasteiger partial charge on any atom is -0.497 e. The quantitative estimate of drug-likeness (QED) is 0.727. The molecule has 5 nitrogen and oxygen atoms in total. The van der Waals surface area contributed by atoms with E-state index in [1.165, 1.54) is 11.3 Å². The van der Waals surface area contributed by atoms with E-state index in [0.717, 1.165) is 16.3 Å². The van der Waals surface area contributed by atoms with Crippen molar-refractivity contribution in [3.63, 3.8) is 0 Å². The fourth-order valence-electron chi connectivity index (χ4n) is 1.99. The molecule has 0 unspecified atom stereocenters. The van der Waals surface area contributed by atoms with Crippen LogP contribution in [0.25, 0.3) is 10.2 Å². The summed E-state index contributed by atoms with van der Waals surface area (Å²) in [6.07, 6.45) is 1.57. The zero-order chi connectivity index (χ0) is 14.7. The molecule has 21 heavy (non-hydrogen) atoms. The van der Waals surface area contributed by atoms with Crippen LogP contribution in [0.5, 0.6) is 11.5 Å². The SMILES string of the molecule is COc1ccc(OCCn2cnc3sccc3c2=O)cc1. The lowest BCUT2D eigenvalue weighted by Crippen LogP contribution is -2.23. The molecule has 0 saturated heterocycles. The molecule has 3 aromatic rings. The van der Waals surface area contributed by atoms with E-state index < -0.39 is 0 Å². The molecule has 0 N–H and O–H groups in total. The molecular formula is C15H14N2O3S. The van der Waals surface area contributed by atoms with Gasteiger partial charge in [-0.15, -0.1) is 11.3 Å². The molecule has 2 aromatic heterocycles. The van der Waals surface area contributed by atoms with Gasteiger partial charge in [-0.25, -0.2) is 4.98 Å². The summed E-state index contributed by atoms with van der Waals surface area (Å²) < 4.78 is 12.3. The monoisotopic (exact) mass is 302 g/mol. The van der Waals surface area contributed by atoms with Crippen LogP contribution in [0.4, 0.5) is 0 Å². The van der Waals surface area contributed by atoms with Gasteiger partial charge in [-0.1, -0.05) is 0 Å². The second kappa shape index (κ2) is 5.97. The van der Waals surface area contributed by atoms with Gasteiger partial charge in [0.05, 0.1) is 25.4 Å². The van der Waals surface area contributed by atoms with Crippen molar-refractivity contribution in [2.45, 2.75) is 6.54 Å². The molecule has 0 spiro atoms. The lowest BCUT2D eigenvalue weighted by molar-refractivity contribution is 0.295. The van der Waals surface area contributed by atoms with Crippen molar-refractivity contribution in [2.24, 2.45) is 0 Å². The van der Waals surface area contributed by atoms with E-state index in [2.05, 4.69) is 4.98 Å². The average Bonchev–Trinajstić information content (AvgIpc) is 3.00. The van der Waals surface area contributed by atoms with Gasteiger partial charge in [0.1, 0.15) is 22.9 Å². The lowest BCUT2D eigenvalue weighted by atomic mass is 10.3. The first-order valence-electron chi connectivity index (χ1n) is 6.47. The molecule has 0 amide bonds. The zero-order valence-corrected chi connectivity index (χ0v) is 12.3. The summed E-state index contributed by atoms with van der Waals surface area (Å²) in [5, 5.41) is 2.53. The minimum atomic E-state index is -0.0282. The summed E-state index contributed by atoms with van der Waals surface area (Å²) in [5.74, 6) is 1.53. The lowest BCUT2D eigenvalue weighted by Gasteiger charge is -2.08. The Labute approximate surface area is 125 Å². The van der Waals surface area contributed by atoms with Crippen molar-refractivity contribution in [1.29, 1.82) is 0 Å². The highest BCUT2D eigenvalue weighted by molar-refractivity contribution is 7.16. The Morgan fingerprint density at radius 1 is 1.19 bits per heavy atom. The molecule has 0 saturated carbocycles. The second-order valence-electron chi connectivity index (χ2n) is 4.41. The molecule has 0 aliphatic heterocycles. The molecule has 0 aliphatic carbocycles. The Kier molecular flexibility index (Phi) is 3.87. The van der Waals surface area contributed by atoms with Gasteiger partial charge in [0.2, 0.25) is 0 Å². The van der Waals surface area contributed by atoms with Crippen LogP contribution in [0.15, 0.2) is 46.8 Å². The fourth-order valence-corrected chi connectivity index (χ4v) is 2.71. The predicted octanol–water partition coefficient (Wildman–Crippen LogP) is 2.55. The third-order valence-corrected chi connectivity index (χ3v) is 3.93. The van der Waals surface area contributed by atoms with Gasteiger partial charge in [0, 0.05) is 0 Å². The summed E-state index contributed by atoms with van der Waals surface area (Å²) >= 11 is 1.47. The van der Waals surface area contributed by atoms with Gasteiger partial charge < -0.3 is 9.47 Å². The molecule has 3 rings (SSSR count). The molecule has 0 atom stereocenters. The van der Waals surface area contributed by atoms with Crippen LogP contribution in [-0.4, -0.2) is 23.3 Å². The summed E-state index contributed by atoms with van der Waals surface area (Å²) in [7, 11) is 1.62. The highest BCUT2D eigenvalue weighted by Gasteiger charge is 2.05. The normalized spacial score (nSPS) is 10.7. The smallest absolute Gasteiger partial charge is 0.262 e. The van der Waals surface area contributed by atoms with E-state index in [1.54, 1.807) is 24.1 Å². The van der Waals surface area contributed by atoms with E-state index in [-0.39, 0.29) is 5.56 Å². The van der Waals surface area contributed by atoms with Crippen molar-refractivity contribution in [2.75, 3.05) is 13.7 Å². The molecule has 0 aliphatic rings. The summed E-state index contributed by atoms with van der Waals surface area (Å²) in [6, 6.07) is 9.14. The molecule has 0 bridgehead atoms. The molecule has 1 aromatic carbocycles.